The van der Waals surface area contributed by atoms with Crippen LogP contribution in [0.5, 0.6) is 0 Å². The number of hydrogen-bond donors (Lipinski definition) is 2. The van der Waals surface area contributed by atoms with Crippen molar-refractivity contribution in [1.29, 1.82) is 0 Å². The fourth-order valence-corrected chi connectivity index (χ4v) is 3.08. The molecule has 1 fully saturated rings. The SMILES string of the molecule is O=C1CCCN1Cc1ccccc1CNC(=S)Nc1ccc(F)c(F)c1. The molecule has 2 aromatic carbocycles. The molecule has 0 radical (unpaired) electrons. The summed E-state index contributed by atoms with van der Waals surface area (Å²) in [7, 11) is 0. The molecule has 0 spiro atoms. The van der Waals surface area contributed by atoms with Gasteiger partial charge in [0.1, 0.15) is 0 Å². The minimum atomic E-state index is -0.932. The Kier molecular flexibility index (Phi) is 5.78. The molecule has 1 amide bonds. The van der Waals surface area contributed by atoms with E-state index < -0.39 is 11.6 Å². The first-order valence-electron chi connectivity index (χ1n) is 8.37. The zero-order valence-corrected chi connectivity index (χ0v) is 14.9. The molecule has 26 heavy (non-hydrogen) atoms. The van der Waals surface area contributed by atoms with Gasteiger partial charge in [0.05, 0.1) is 0 Å². The fraction of sp³-hybridized carbons (Fsp3) is 0.263. The highest BCUT2D eigenvalue weighted by molar-refractivity contribution is 7.80. The Hall–Kier alpha value is -2.54. The second-order valence-electron chi connectivity index (χ2n) is 6.12. The summed E-state index contributed by atoms with van der Waals surface area (Å²) in [6, 6.07) is 11.4. The summed E-state index contributed by atoms with van der Waals surface area (Å²) < 4.78 is 26.2. The summed E-state index contributed by atoms with van der Waals surface area (Å²) in [5.74, 6) is -1.65. The van der Waals surface area contributed by atoms with Crippen molar-refractivity contribution in [2.45, 2.75) is 25.9 Å². The number of nitrogens with one attached hydrogen (secondary N) is 2. The summed E-state index contributed by atoms with van der Waals surface area (Å²) in [6.07, 6.45) is 1.52. The molecule has 2 N–H and O–H groups in total. The van der Waals surface area contributed by atoms with E-state index in [2.05, 4.69) is 10.6 Å². The molecule has 3 rings (SSSR count). The minimum Gasteiger partial charge on any atom is -0.358 e. The second kappa shape index (κ2) is 8.23. The van der Waals surface area contributed by atoms with Gasteiger partial charge in [-0.15, -0.1) is 0 Å². The van der Waals surface area contributed by atoms with Gasteiger partial charge in [0.2, 0.25) is 5.91 Å². The van der Waals surface area contributed by atoms with Crippen LogP contribution in [0, 0.1) is 11.6 Å². The van der Waals surface area contributed by atoms with Gasteiger partial charge >= 0.3 is 0 Å². The number of likely N-dealkylation sites (tertiary alicyclic amines) is 1. The van der Waals surface area contributed by atoms with Crippen LogP contribution in [0.25, 0.3) is 0 Å². The smallest absolute Gasteiger partial charge is 0.222 e. The zero-order valence-electron chi connectivity index (χ0n) is 14.1. The molecule has 7 heteroatoms. The number of carbonyl (C=O) groups excluding carboxylic acids is 1. The van der Waals surface area contributed by atoms with Crippen molar-refractivity contribution in [3.05, 3.63) is 65.2 Å². The van der Waals surface area contributed by atoms with E-state index in [1.807, 2.05) is 29.2 Å². The third kappa shape index (κ3) is 4.54. The van der Waals surface area contributed by atoms with E-state index in [4.69, 9.17) is 12.2 Å². The highest BCUT2D eigenvalue weighted by Crippen LogP contribution is 2.17. The molecule has 1 aliphatic rings. The Morgan fingerprint density at radius 1 is 1.12 bits per heavy atom. The summed E-state index contributed by atoms with van der Waals surface area (Å²) in [5.41, 5.74) is 2.46. The number of anilines is 1. The van der Waals surface area contributed by atoms with E-state index in [9.17, 15) is 13.6 Å². The van der Waals surface area contributed by atoms with Gasteiger partial charge in [-0.1, -0.05) is 24.3 Å². The Bertz CT molecular complexity index is 828. The van der Waals surface area contributed by atoms with Crippen molar-refractivity contribution in [2.75, 3.05) is 11.9 Å². The summed E-state index contributed by atoms with van der Waals surface area (Å²) >= 11 is 5.21. The third-order valence-corrected chi connectivity index (χ3v) is 4.51. The van der Waals surface area contributed by atoms with E-state index in [1.54, 1.807) is 0 Å². The summed E-state index contributed by atoms with van der Waals surface area (Å²) in [4.78, 5) is 13.7. The van der Waals surface area contributed by atoms with Crippen molar-refractivity contribution in [1.82, 2.24) is 10.2 Å². The molecule has 1 aliphatic heterocycles. The van der Waals surface area contributed by atoms with Gasteiger partial charge in [-0.25, -0.2) is 8.78 Å². The van der Waals surface area contributed by atoms with Crippen molar-refractivity contribution >= 4 is 28.9 Å². The van der Waals surface area contributed by atoms with Gasteiger partial charge in [0, 0.05) is 37.8 Å². The highest BCUT2D eigenvalue weighted by atomic mass is 32.1. The molecular formula is C19H19F2N3OS. The first-order valence-corrected chi connectivity index (χ1v) is 8.78. The molecule has 0 aliphatic carbocycles. The third-order valence-electron chi connectivity index (χ3n) is 4.27. The molecular weight excluding hydrogens is 356 g/mol. The monoisotopic (exact) mass is 375 g/mol. The lowest BCUT2D eigenvalue weighted by Crippen LogP contribution is -2.29. The maximum atomic E-state index is 13.2. The second-order valence-corrected chi connectivity index (χ2v) is 6.53. The number of carbonyl (C=O) groups is 1. The van der Waals surface area contributed by atoms with Crippen LogP contribution in [0.4, 0.5) is 14.5 Å². The summed E-state index contributed by atoms with van der Waals surface area (Å²) in [6.45, 7) is 1.84. The number of rotatable bonds is 5. The van der Waals surface area contributed by atoms with Gasteiger partial charge in [0.25, 0.3) is 0 Å². The molecule has 136 valence electrons. The molecule has 0 saturated carbocycles. The van der Waals surface area contributed by atoms with Crippen LogP contribution < -0.4 is 10.6 Å². The molecule has 0 aromatic heterocycles. The van der Waals surface area contributed by atoms with E-state index in [-0.39, 0.29) is 5.91 Å². The standard InChI is InChI=1S/C19H19F2N3OS/c20-16-8-7-15(10-17(16)21)23-19(26)22-11-13-4-1-2-5-14(13)12-24-9-3-6-18(24)25/h1-2,4-5,7-8,10H,3,6,9,11-12H2,(H2,22,23,26). The predicted molar refractivity (Wildman–Crippen MR) is 101 cm³/mol. The fourth-order valence-electron chi connectivity index (χ4n) is 2.89. The zero-order chi connectivity index (χ0) is 18.5. The predicted octanol–water partition coefficient (Wildman–Crippen LogP) is 3.57. The Morgan fingerprint density at radius 3 is 2.58 bits per heavy atom. The van der Waals surface area contributed by atoms with Crippen LogP contribution in [-0.4, -0.2) is 22.5 Å². The van der Waals surface area contributed by atoms with Gasteiger partial charge in [-0.05, 0) is 41.9 Å². The largest absolute Gasteiger partial charge is 0.358 e. The van der Waals surface area contributed by atoms with E-state index in [0.717, 1.165) is 36.2 Å². The number of halogens is 2. The normalized spacial score (nSPS) is 13.8. The van der Waals surface area contributed by atoms with Crippen LogP contribution in [-0.2, 0) is 17.9 Å². The maximum absolute atomic E-state index is 13.2. The minimum absolute atomic E-state index is 0.184. The molecule has 2 aromatic rings. The number of thiocarbonyl (C=S) groups is 1. The number of benzene rings is 2. The van der Waals surface area contributed by atoms with Crippen LogP contribution >= 0.6 is 12.2 Å². The van der Waals surface area contributed by atoms with Gasteiger partial charge in [0.15, 0.2) is 16.7 Å². The van der Waals surface area contributed by atoms with Crippen molar-refractivity contribution in [3.8, 4) is 0 Å². The first kappa shape index (κ1) is 18.3. The van der Waals surface area contributed by atoms with Crippen molar-refractivity contribution in [3.63, 3.8) is 0 Å². The van der Waals surface area contributed by atoms with Gasteiger partial charge in [-0.3, -0.25) is 4.79 Å². The maximum Gasteiger partial charge on any atom is 0.222 e. The topological polar surface area (TPSA) is 44.4 Å². The molecule has 0 atom stereocenters. The average Bonchev–Trinajstić information content (AvgIpc) is 3.02. The van der Waals surface area contributed by atoms with Gasteiger partial charge in [-0.2, -0.15) is 0 Å². The Labute approximate surface area is 156 Å². The quantitative estimate of drug-likeness (QED) is 0.785. The van der Waals surface area contributed by atoms with E-state index >= 15 is 0 Å². The van der Waals surface area contributed by atoms with Gasteiger partial charge < -0.3 is 15.5 Å². The Morgan fingerprint density at radius 2 is 1.88 bits per heavy atom. The summed E-state index contributed by atoms with van der Waals surface area (Å²) in [5, 5.41) is 6.20. The lowest BCUT2D eigenvalue weighted by atomic mass is 10.1. The lowest BCUT2D eigenvalue weighted by Gasteiger charge is -2.19. The molecule has 4 nitrogen and oxygen atoms in total. The highest BCUT2D eigenvalue weighted by Gasteiger charge is 2.20. The van der Waals surface area contributed by atoms with Crippen LogP contribution in [0.2, 0.25) is 0 Å². The molecule has 1 heterocycles. The molecule has 0 unspecified atom stereocenters. The average molecular weight is 375 g/mol. The van der Waals surface area contributed by atoms with Crippen molar-refractivity contribution in [2.24, 2.45) is 0 Å². The van der Waals surface area contributed by atoms with E-state index in [0.29, 0.717) is 30.3 Å². The number of amides is 1. The van der Waals surface area contributed by atoms with Crippen LogP contribution in [0.1, 0.15) is 24.0 Å². The first-order chi connectivity index (χ1) is 12.5. The molecule has 1 saturated heterocycles. The van der Waals surface area contributed by atoms with Crippen molar-refractivity contribution < 1.29 is 13.6 Å². The van der Waals surface area contributed by atoms with Crippen LogP contribution in [0.15, 0.2) is 42.5 Å². The van der Waals surface area contributed by atoms with E-state index in [1.165, 1.54) is 6.07 Å². The Balaban J connectivity index is 1.59. The molecule has 0 bridgehead atoms. The number of nitrogens with zero attached hydrogens (tertiary/aromatic N) is 1. The number of hydrogen-bond acceptors (Lipinski definition) is 2. The lowest BCUT2D eigenvalue weighted by molar-refractivity contribution is -0.128. The van der Waals surface area contributed by atoms with Crippen LogP contribution in [0.3, 0.4) is 0 Å².